The third-order valence-electron chi connectivity index (χ3n) is 2.65. The summed E-state index contributed by atoms with van der Waals surface area (Å²) in [5.41, 5.74) is 1.06. The number of thiol groups is 1. The van der Waals surface area contributed by atoms with Crippen molar-refractivity contribution in [1.82, 2.24) is 9.97 Å². The Morgan fingerprint density at radius 1 is 1.25 bits per heavy atom. The van der Waals surface area contributed by atoms with Crippen molar-refractivity contribution in [3.05, 3.63) is 24.0 Å². The van der Waals surface area contributed by atoms with Gasteiger partial charge in [0.25, 0.3) is 0 Å². The first-order valence-electron chi connectivity index (χ1n) is 5.74. The normalized spacial score (nSPS) is 16.2. The molecule has 0 bridgehead atoms. The topological polar surface area (TPSA) is 29.0 Å². The molecule has 0 amide bonds. The van der Waals surface area contributed by atoms with Crippen LogP contribution < -0.4 is 4.90 Å². The lowest BCUT2D eigenvalue weighted by atomic mass is 10.3. The summed E-state index contributed by atoms with van der Waals surface area (Å²) in [6, 6.07) is 0. The van der Waals surface area contributed by atoms with E-state index in [1.54, 1.807) is 0 Å². The molecule has 0 atom stereocenters. The van der Waals surface area contributed by atoms with Gasteiger partial charge in [-0.05, 0) is 25.0 Å². The fraction of sp³-hybridized carbons (Fsp3) is 0.500. The molecule has 0 aromatic carbocycles. The Kier molecular flexibility index (Phi) is 4.22. The number of nitrogens with zero attached hydrogens (tertiary/aromatic N) is 3. The second kappa shape index (κ2) is 5.89. The average molecular weight is 235 g/mol. The van der Waals surface area contributed by atoms with Gasteiger partial charge < -0.3 is 4.90 Å². The molecule has 2 heterocycles. The molecule has 3 nitrogen and oxygen atoms in total. The Balaban J connectivity index is 1.98. The molecule has 0 radical (unpaired) electrons. The lowest BCUT2D eigenvalue weighted by molar-refractivity contribution is 0.897. The predicted octanol–water partition coefficient (Wildman–Crippen LogP) is 2.41. The van der Waals surface area contributed by atoms with E-state index >= 15 is 0 Å². The third kappa shape index (κ3) is 2.98. The molecule has 0 aliphatic carbocycles. The maximum Gasteiger partial charge on any atom is 0.225 e. The molecule has 1 aromatic heterocycles. The Hall–Kier alpha value is -1.03. The van der Waals surface area contributed by atoms with Crippen LogP contribution in [0, 0.1) is 0 Å². The van der Waals surface area contributed by atoms with E-state index in [9.17, 15) is 0 Å². The standard InChI is InChI=1S/C12H17N3S/c16-8-4-1-5-11-9-13-12(14-10-11)15-6-2-3-7-15/h1,5,9-10,16H,2-4,6-8H2. The summed E-state index contributed by atoms with van der Waals surface area (Å²) in [7, 11) is 0. The Labute approximate surface area is 102 Å². The molecule has 0 saturated carbocycles. The zero-order chi connectivity index (χ0) is 11.2. The third-order valence-corrected chi connectivity index (χ3v) is 2.91. The van der Waals surface area contributed by atoms with Crippen LogP contribution in [-0.4, -0.2) is 28.8 Å². The molecule has 1 aliphatic rings. The molecule has 1 aliphatic heterocycles. The summed E-state index contributed by atoms with van der Waals surface area (Å²) in [6.45, 7) is 2.18. The Morgan fingerprint density at radius 3 is 2.56 bits per heavy atom. The van der Waals surface area contributed by atoms with Crippen molar-refractivity contribution in [2.75, 3.05) is 23.7 Å². The van der Waals surface area contributed by atoms with Crippen LogP contribution in [0.25, 0.3) is 6.08 Å². The first-order chi connectivity index (χ1) is 7.90. The Morgan fingerprint density at radius 2 is 1.94 bits per heavy atom. The number of hydrogen-bond acceptors (Lipinski definition) is 4. The zero-order valence-corrected chi connectivity index (χ0v) is 10.2. The lowest BCUT2D eigenvalue weighted by Gasteiger charge is -2.14. The summed E-state index contributed by atoms with van der Waals surface area (Å²) in [5.74, 6) is 1.74. The van der Waals surface area contributed by atoms with Gasteiger partial charge in [-0.25, -0.2) is 9.97 Å². The minimum atomic E-state index is 0.865. The van der Waals surface area contributed by atoms with Gasteiger partial charge in [0.2, 0.25) is 5.95 Å². The highest BCUT2D eigenvalue weighted by molar-refractivity contribution is 7.80. The average Bonchev–Trinajstić information content (AvgIpc) is 2.84. The van der Waals surface area contributed by atoms with E-state index in [-0.39, 0.29) is 0 Å². The molecule has 0 spiro atoms. The minimum absolute atomic E-state index is 0.865. The van der Waals surface area contributed by atoms with E-state index in [1.165, 1.54) is 12.8 Å². The van der Waals surface area contributed by atoms with Gasteiger partial charge in [0, 0.05) is 31.0 Å². The summed E-state index contributed by atoms with van der Waals surface area (Å²) >= 11 is 4.15. The number of anilines is 1. The van der Waals surface area contributed by atoms with Crippen molar-refractivity contribution < 1.29 is 0 Å². The van der Waals surface area contributed by atoms with Gasteiger partial charge in [-0.3, -0.25) is 0 Å². The maximum absolute atomic E-state index is 4.38. The molecule has 1 aromatic rings. The fourth-order valence-corrected chi connectivity index (χ4v) is 1.94. The van der Waals surface area contributed by atoms with Crippen molar-refractivity contribution in [2.24, 2.45) is 0 Å². The molecular weight excluding hydrogens is 218 g/mol. The van der Waals surface area contributed by atoms with Crippen LogP contribution in [0.4, 0.5) is 5.95 Å². The molecule has 0 N–H and O–H groups in total. The molecule has 1 fully saturated rings. The second-order valence-corrected chi connectivity index (χ2v) is 4.37. The van der Waals surface area contributed by atoms with Crippen molar-refractivity contribution in [2.45, 2.75) is 19.3 Å². The van der Waals surface area contributed by atoms with E-state index < -0.39 is 0 Å². The van der Waals surface area contributed by atoms with Gasteiger partial charge in [0.05, 0.1) is 0 Å². The summed E-state index contributed by atoms with van der Waals surface area (Å²) < 4.78 is 0. The molecular formula is C12H17N3S. The molecule has 0 unspecified atom stereocenters. The summed E-state index contributed by atoms with van der Waals surface area (Å²) in [5, 5.41) is 0. The first-order valence-corrected chi connectivity index (χ1v) is 6.38. The van der Waals surface area contributed by atoms with Crippen LogP contribution in [0.2, 0.25) is 0 Å². The molecule has 86 valence electrons. The number of aromatic nitrogens is 2. The van der Waals surface area contributed by atoms with Crippen LogP contribution >= 0.6 is 12.6 Å². The van der Waals surface area contributed by atoms with Crippen molar-refractivity contribution in [1.29, 1.82) is 0 Å². The van der Waals surface area contributed by atoms with Gasteiger partial charge in [-0.15, -0.1) is 0 Å². The highest BCUT2D eigenvalue weighted by atomic mass is 32.1. The molecule has 4 heteroatoms. The highest BCUT2D eigenvalue weighted by Crippen LogP contribution is 2.15. The summed E-state index contributed by atoms with van der Waals surface area (Å²) in [4.78, 5) is 11.0. The van der Waals surface area contributed by atoms with E-state index in [0.29, 0.717) is 0 Å². The minimum Gasteiger partial charge on any atom is -0.341 e. The van der Waals surface area contributed by atoms with Gasteiger partial charge in [0.1, 0.15) is 0 Å². The van der Waals surface area contributed by atoms with Gasteiger partial charge in [0.15, 0.2) is 0 Å². The Bertz CT molecular complexity index is 342. The smallest absolute Gasteiger partial charge is 0.225 e. The van der Waals surface area contributed by atoms with Crippen LogP contribution in [0.3, 0.4) is 0 Å². The van der Waals surface area contributed by atoms with Crippen LogP contribution in [0.1, 0.15) is 24.8 Å². The van der Waals surface area contributed by atoms with E-state index in [0.717, 1.165) is 36.8 Å². The fourth-order valence-electron chi connectivity index (χ4n) is 1.79. The van der Waals surface area contributed by atoms with Crippen molar-refractivity contribution in [3.8, 4) is 0 Å². The predicted molar refractivity (Wildman–Crippen MR) is 71.0 cm³/mol. The van der Waals surface area contributed by atoms with Gasteiger partial charge in [-0.2, -0.15) is 12.6 Å². The number of hydrogen-bond donors (Lipinski definition) is 1. The van der Waals surface area contributed by atoms with E-state index in [1.807, 2.05) is 18.5 Å². The first kappa shape index (κ1) is 11.5. The second-order valence-electron chi connectivity index (χ2n) is 3.93. The van der Waals surface area contributed by atoms with Gasteiger partial charge >= 0.3 is 0 Å². The van der Waals surface area contributed by atoms with E-state index in [4.69, 9.17) is 0 Å². The largest absolute Gasteiger partial charge is 0.341 e. The monoisotopic (exact) mass is 235 g/mol. The molecule has 1 saturated heterocycles. The SMILES string of the molecule is SCCC=Cc1cnc(N2CCCC2)nc1. The van der Waals surface area contributed by atoms with Crippen LogP contribution in [-0.2, 0) is 0 Å². The zero-order valence-electron chi connectivity index (χ0n) is 9.34. The van der Waals surface area contributed by atoms with Crippen LogP contribution in [0.15, 0.2) is 18.5 Å². The molecule has 16 heavy (non-hydrogen) atoms. The van der Waals surface area contributed by atoms with E-state index in [2.05, 4.69) is 33.6 Å². The quantitative estimate of drug-likeness (QED) is 0.813. The summed E-state index contributed by atoms with van der Waals surface area (Å²) in [6.07, 6.45) is 11.4. The number of rotatable bonds is 4. The van der Waals surface area contributed by atoms with Gasteiger partial charge in [-0.1, -0.05) is 12.2 Å². The maximum atomic E-state index is 4.38. The van der Waals surface area contributed by atoms with Crippen molar-refractivity contribution in [3.63, 3.8) is 0 Å². The molecule has 2 rings (SSSR count). The van der Waals surface area contributed by atoms with Crippen LogP contribution in [0.5, 0.6) is 0 Å². The highest BCUT2D eigenvalue weighted by Gasteiger charge is 2.13. The van der Waals surface area contributed by atoms with Crippen molar-refractivity contribution >= 4 is 24.7 Å². The lowest BCUT2D eigenvalue weighted by Crippen LogP contribution is -2.20. The number of allylic oxidation sites excluding steroid dienone is 1.